The lowest BCUT2D eigenvalue weighted by Crippen LogP contribution is -2.12. The molecule has 3 rings (SSSR count). The normalized spacial score (nSPS) is 11.0. The number of aliphatic carboxylic acids is 1. The molecule has 0 aliphatic heterocycles. The average molecular weight is 352 g/mol. The zero-order valence-electron chi connectivity index (χ0n) is 14.6. The van der Waals surface area contributed by atoms with E-state index in [0.717, 1.165) is 16.6 Å². The second-order valence-electron chi connectivity index (χ2n) is 6.36. The Morgan fingerprint density at radius 2 is 1.92 bits per heavy atom. The highest BCUT2D eigenvalue weighted by Crippen LogP contribution is 2.18. The maximum atomic E-state index is 12.4. The second kappa shape index (κ2) is 7.35. The zero-order valence-corrected chi connectivity index (χ0v) is 14.6. The first-order valence-electron chi connectivity index (χ1n) is 8.39. The van der Waals surface area contributed by atoms with Crippen molar-refractivity contribution in [3.8, 4) is 0 Å². The van der Waals surface area contributed by atoms with Gasteiger partial charge in [0.2, 0.25) is 0 Å². The molecule has 7 heteroatoms. The highest BCUT2D eigenvalue weighted by Gasteiger charge is 2.12. The van der Waals surface area contributed by atoms with Crippen molar-refractivity contribution in [1.29, 1.82) is 0 Å². The van der Waals surface area contributed by atoms with Crippen LogP contribution < -0.4 is 5.32 Å². The van der Waals surface area contributed by atoms with Crippen LogP contribution in [0.1, 0.15) is 42.2 Å². The van der Waals surface area contributed by atoms with Gasteiger partial charge in [-0.15, -0.1) is 0 Å². The van der Waals surface area contributed by atoms with Gasteiger partial charge >= 0.3 is 5.97 Å². The topological polar surface area (TPSA) is 97.1 Å². The van der Waals surface area contributed by atoms with Crippen LogP contribution in [-0.2, 0) is 11.2 Å². The van der Waals surface area contributed by atoms with E-state index in [-0.39, 0.29) is 18.4 Å². The van der Waals surface area contributed by atoms with Gasteiger partial charge in [0.05, 0.1) is 11.8 Å². The van der Waals surface area contributed by atoms with Crippen LogP contribution in [-0.4, -0.2) is 31.7 Å². The SMILES string of the molecule is CC(C)n1ncc2cc(C(=O)Nc3ccc(CCC(=O)O)cc3)cnc21. The van der Waals surface area contributed by atoms with Gasteiger partial charge in [0.1, 0.15) is 0 Å². The molecule has 0 fully saturated rings. The van der Waals surface area contributed by atoms with Gasteiger partial charge in [-0.3, -0.25) is 9.59 Å². The van der Waals surface area contributed by atoms with Crippen molar-refractivity contribution in [3.63, 3.8) is 0 Å². The lowest BCUT2D eigenvalue weighted by molar-refractivity contribution is -0.136. The van der Waals surface area contributed by atoms with Crippen LogP contribution in [0.3, 0.4) is 0 Å². The quantitative estimate of drug-likeness (QED) is 0.709. The lowest BCUT2D eigenvalue weighted by atomic mass is 10.1. The molecule has 3 aromatic rings. The minimum atomic E-state index is -0.828. The smallest absolute Gasteiger partial charge is 0.303 e. The summed E-state index contributed by atoms with van der Waals surface area (Å²) < 4.78 is 1.81. The van der Waals surface area contributed by atoms with Gasteiger partial charge in [-0.2, -0.15) is 5.10 Å². The highest BCUT2D eigenvalue weighted by molar-refractivity contribution is 6.05. The number of pyridine rings is 1. The Bertz CT molecular complexity index is 945. The van der Waals surface area contributed by atoms with Crippen LogP contribution in [0.4, 0.5) is 5.69 Å². The van der Waals surface area contributed by atoms with Crippen molar-refractivity contribution in [1.82, 2.24) is 14.8 Å². The van der Waals surface area contributed by atoms with E-state index in [9.17, 15) is 9.59 Å². The molecular formula is C19H20N4O3. The molecule has 2 N–H and O–H groups in total. The van der Waals surface area contributed by atoms with Crippen molar-refractivity contribution in [3.05, 3.63) is 53.9 Å². The van der Waals surface area contributed by atoms with E-state index in [4.69, 9.17) is 5.11 Å². The number of fused-ring (bicyclic) bond motifs is 1. The first-order chi connectivity index (χ1) is 12.4. The van der Waals surface area contributed by atoms with Crippen LogP contribution >= 0.6 is 0 Å². The van der Waals surface area contributed by atoms with Crippen molar-refractivity contribution < 1.29 is 14.7 Å². The van der Waals surface area contributed by atoms with E-state index in [2.05, 4.69) is 15.4 Å². The molecule has 2 heterocycles. The summed E-state index contributed by atoms with van der Waals surface area (Å²) in [4.78, 5) is 27.4. The Hall–Kier alpha value is -3.22. The van der Waals surface area contributed by atoms with Gasteiger partial charge in [-0.05, 0) is 44.0 Å². The van der Waals surface area contributed by atoms with Gasteiger partial charge in [0, 0.05) is 29.7 Å². The monoisotopic (exact) mass is 352 g/mol. The lowest BCUT2D eigenvalue weighted by Gasteiger charge is -2.08. The predicted molar refractivity (Wildman–Crippen MR) is 98.3 cm³/mol. The fraction of sp³-hybridized carbons (Fsp3) is 0.263. The summed E-state index contributed by atoms with van der Waals surface area (Å²) in [6.07, 6.45) is 3.79. The standard InChI is InChI=1S/C19H20N4O3/c1-12(2)23-18-14(11-21-23)9-15(10-20-18)19(26)22-16-6-3-13(4-7-16)5-8-17(24)25/h3-4,6-7,9-12H,5,8H2,1-2H3,(H,22,26)(H,24,25). The number of hydrogen-bond acceptors (Lipinski definition) is 4. The number of hydrogen-bond donors (Lipinski definition) is 2. The molecule has 0 radical (unpaired) electrons. The maximum Gasteiger partial charge on any atom is 0.303 e. The first kappa shape index (κ1) is 17.6. The Kier molecular flexibility index (Phi) is 4.97. The molecule has 0 saturated carbocycles. The molecule has 0 spiro atoms. The summed E-state index contributed by atoms with van der Waals surface area (Å²) in [5.41, 5.74) is 2.76. The largest absolute Gasteiger partial charge is 0.481 e. The van der Waals surface area contributed by atoms with Crippen LogP contribution in [0.2, 0.25) is 0 Å². The van der Waals surface area contributed by atoms with Gasteiger partial charge in [-0.1, -0.05) is 12.1 Å². The molecule has 0 atom stereocenters. The number of carbonyl (C=O) groups is 2. The molecule has 0 bridgehead atoms. The Labute approximate surface area is 150 Å². The number of carboxylic acids is 1. The van der Waals surface area contributed by atoms with Crippen LogP contribution in [0, 0.1) is 0 Å². The number of amides is 1. The minimum Gasteiger partial charge on any atom is -0.481 e. The predicted octanol–water partition coefficient (Wildman–Crippen LogP) is 3.28. The number of carbonyl (C=O) groups excluding carboxylic acids is 1. The Morgan fingerprint density at radius 1 is 1.19 bits per heavy atom. The molecule has 7 nitrogen and oxygen atoms in total. The van der Waals surface area contributed by atoms with Crippen molar-refractivity contribution in [2.24, 2.45) is 0 Å². The van der Waals surface area contributed by atoms with E-state index < -0.39 is 5.97 Å². The van der Waals surface area contributed by atoms with Crippen LogP contribution in [0.5, 0.6) is 0 Å². The number of anilines is 1. The van der Waals surface area contributed by atoms with Gasteiger partial charge < -0.3 is 10.4 Å². The molecule has 0 unspecified atom stereocenters. The Balaban J connectivity index is 1.71. The third-order valence-electron chi connectivity index (χ3n) is 4.02. The number of carboxylic acid groups (broad SMARTS) is 1. The summed E-state index contributed by atoms with van der Waals surface area (Å²) in [5, 5.41) is 16.6. The summed E-state index contributed by atoms with van der Waals surface area (Å²) in [6, 6.07) is 9.11. The molecule has 0 aliphatic rings. The number of aromatic nitrogens is 3. The zero-order chi connectivity index (χ0) is 18.7. The fourth-order valence-electron chi connectivity index (χ4n) is 2.65. The van der Waals surface area contributed by atoms with E-state index in [0.29, 0.717) is 17.7 Å². The molecule has 134 valence electrons. The number of nitrogens with one attached hydrogen (secondary N) is 1. The van der Waals surface area contributed by atoms with E-state index >= 15 is 0 Å². The van der Waals surface area contributed by atoms with E-state index in [1.807, 2.05) is 30.7 Å². The molecule has 26 heavy (non-hydrogen) atoms. The van der Waals surface area contributed by atoms with Crippen molar-refractivity contribution in [2.75, 3.05) is 5.32 Å². The Morgan fingerprint density at radius 3 is 2.58 bits per heavy atom. The number of benzene rings is 1. The van der Waals surface area contributed by atoms with E-state index in [1.165, 1.54) is 0 Å². The summed E-state index contributed by atoms with van der Waals surface area (Å²) in [7, 11) is 0. The molecule has 0 aliphatic carbocycles. The number of aryl methyl sites for hydroxylation is 1. The van der Waals surface area contributed by atoms with Crippen molar-refractivity contribution in [2.45, 2.75) is 32.7 Å². The van der Waals surface area contributed by atoms with Crippen LogP contribution in [0.25, 0.3) is 11.0 Å². The summed E-state index contributed by atoms with van der Waals surface area (Å²) >= 11 is 0. The molecule has 1 aromatic carbocycles. The van der Waals surface area contributed by atoms with Crippen molar-refractivity contribution >= 4 is 28.6 Å². The second-order valence-corrected chi connectivity index (χ2v) is 6.36. The van der Waals surface area contributed by atoms with Gasteiger partial charge in [0.15, 0.2) is 5.65 Å². The van der Waals surface area contributed by atoms with Crippen LogP contribution in [0.15, 0.2) is 42.7 Å². The van der Waals surface area contributed by atoms with Gasteiger partial charge in [0.25, 0.3) is 5.91 Å². The first-order valence-corrected chi connectivity index (χ1v) is 8.39. The number of nitrogens with zero attached hydrogens (tertiary/aromatic N) is 3. The summed E-state index contributed by atoms with van der Waals surface area (Å²) in [5.74, 6) is -1.08. The highest BCUT2D eigenvalue weighted by atomic mass is 16.4. The summed E-state index contributed by atoms with van der Waals surface area (Å²) in [6.45, 7) is 4.05. The van der Waals surface area contributed by atoms with Gasteiger partial charge in [-0.25, -0.2) is 9.67 Å². The molecule has 2 aromatic heterocycles. The fourth-order valence-corrected chi connectivity index (χ4v) is 2.65. The molecule has 0 saturated heterocycles. The minimum absolute atomic E-state index is 0.0848. The van der Waals surface area contributed by atoms with E-state index in [1.54, 1.807) is 30.6 Å². The third-order valence-corrected chi connectivity index (χ3v) is 4.02. The molecule has 1 amide bonds. The number of rotatable bonds is 6. The maximum absolute atomic E-state index is 12.4. The third kappa shape index (κ3) is 3.88. The average Bonchev–Trinajstić information content (AvgIpc) is 3.04. The molecular weight excluding hydrogens is 332 g/mol.